The van der Waals surface area contributed by atoms with Gasteiger partial charge in [0.1, 0.15) is 0 Å². The van der Waals surface area contributed by atoms with Crippen LogP contribution in [0.3, 0.4) is 0 Å². The van der Waals surface area contributed by atoms with Gasteiger partial charge in [-0.2, -0.15) is 0 Å². The Kier molecular flexibility index (Phi) is 2.83. The van der Waals surface area contributed by atoms with Crippen LogP contribution < -0.4 is 10.6 Å². The van der Waals surface area contributed by atoms with E-state index in [9.17, 15) is 9.59 Å². The minimum atomic E-state index is -0.217. The summed E-state index contributed by atoms with van der Waals surface area (Å²) in [5, 5.41) is 0.454. The van der Waals surface area contributed by atoms with Crippen LogP contribution in [0.25, 0.3) is 0 Å². The number of hydrogen-bond donors (Lipinski definition) is 1. The minimum Gasteiger partial charge on any atom is -0.397 e. The molecule has 1 aromatic rings. The van der Waals surface area contributed by atoms with Crippen molar-refractivity contribution in [3.8, 4) is 0 Å². The van der Waals surface area contributed by atoms with Gasteiger partial charge in [0.15, 0.2) is 0 Å². The zero-order valence-corrected chi connectivity index (χ0v) is 9.33. The van der Waals surface area contributed by atoms with Gasteiger partial charge in [-0.05, 0) is 24.6 Å². The van der Waals surface area contributed by atoms with E-state index in [1.807, 2.05) is 0 Å². The average Bonchev–Trinajstić information content (AvgIpc) is 2.23. The Hall–Kier alpha value is -1.55. The van der Waals surface area contributed by atoms with Gasteiger partial charge < -0.3 is 5.73 Å². The number of anilines is 2. The van der Waals surface area contributed by atoms with E-state index in [1.165, 1.54) is 6.07 Å². The number of carbonyl (C=O) groups excluding carboxylic acids is 2. The fourth-order valence-electron chi connectivity index (χ4n) is 1.73. The smallest absolute Gasteiger partial charge is 0.233 e. The summed E-state index contributed by atoms with van der Waals surface area (Å²) in [6.45, 7) is 0. The van der Waals surface area contributed by atoms with Gasteiger partial charge in [0, 0.05) is 17.9 Å². The molecule has 0 atom stereocenters. The predicted molar refractivity (Wildman–Crippen MR) is 62.2 cm³/mol. The molecule has 0 unspecified atom stereocenters. The Balaban J connectivity index is 2.45. The van der Waals surface area contributed by atoms with E-state index in [1.54, 1.807) is 12.1 Å². The third-order valence-corrected chi connectivity index (χ3v) is 2.75. The molecule has 0 spiro atoms. The number of piperidine rings is 1. The molecule has 84 valence electrons. The number of benzene rings is 1. The van der Waals surface area contributed by atoms with Crippen molar-refractivity contribution < 1.29 is 9.59 Å². The Bertz CT molecular complexity index is 443. The summed E-state index contributed by atoms with van der Waals surface area (Å²) in [5.74, 6) is -0.435. The van der Waals surface area contributed by atoms with E-state index < -0.39 is 0 Å². The van der Waals surface area contributed by atoms with Gasteiger partial charge in [0.2, 0.25) is 11.8 Å². The summed E-state index contributed by atoms with van der Waals surface area (Å²) in [6, 6.07) is 4.75. The van der Waals surface area contributed by atoms with Crippen LogP contribution >= 0.6 is 11.6 Å². The number of rotatable bonds is 1. The van der Waals surface area contributed by atoms with Gasteiger partial charge >= 0.3 is 0 Å². The first-order chi connectivity index (χ1) is 7.59. The maximum atomic E-state index is 11.7. The fourth-order valence-corrected chi connectivity index (χ4v) is 1.90. The van der Waals surface area contributed by atoms with Gasteiger partial charge in [-0.1, -0.05) is 11.6 Å². The number of nitrogens with two attached hydrogens (primary N) is 1. The van der Waals surface area contributed by atoms with Crippen molar-refractivity contribution in [2.24, 2.45) is 0 Å². The quantitative estimate of drug-likeness (QED) is 0.601. The molecule has 0 radical (unpaired) electrons. The minimum absolute atomic E-state index is 0.217. The highest BCUT2D eigenvalue weighted by Gasteiger charge is 2.28. The summed E-state index contributed by atoms with van der Waals surface area (Å²) in [4.78, 5) is 24.5. The van der Waals surface area contributed by atoms with Crippen molar-refractivity contribution in [2.75, 3.05) is 10.6 Å². The zero-order chi connectivity index (χ0) is 11.7. The molecule has 0 saturated carbocycles. The van der Waals surface area contributed by atoms with Crippen LogP contribution in [0.1, 0.15) is 19.3 Å². The van der Waals surface area contributed by atoms with Crippen LogP contribution in [0.2, 0.25) is 5.02 Å². The Morgan fingerprint density at radius 1 is 1.19 bits per heavy atom. The lowest BCUT2D eigenvalue weighted by Gasteiger charge is -2.26. The number of carbonyl (C=O) groups is 2. The van der Waals surface area contributed by atoms with Crippen molar-refractivity contribution in [1.82, 2.24) is 0 Å². The SMILES string of the molecule is Nc1ccc(Cl)cc1N1C(=O)CCCC1=O. The second-order valence-electron chi connectivity index (χ2n) is 3.68. The summed E-state index contributed by atoms with van der Waals surface area (Å²) >= 11 is 5.83. The number of hydrogen-bond acceptors (Lipinski definition) is 3. The number of halogens is 1. The van der Waals surface area contributed by atoms with E-state index in [2.05, 4.69) is 0 Å². The van der Waals surface area contributed by atoms with Gasteiger partial charge in [-0.15, -0.1) is 0 Å². The molecule has 16 heavy (non-hydrogen) atoms. The van der Waals surface area contributed by atoms with Crippen LogP contribution in [-0.4, -0.2) is 11.8 Å². The Morgan fingerprint density at radius 2 is 1.81 bits per heavy atom. The number of nitrogen functional groups attached to an aromatic ring is 1. The molecule has 2 N–H and O–H groups in total. The number of imide groups is 1. The Labute approximate surface area is 98.0 Å². The molecule has 0 bridgehead atoms. The molecular formula is C11H11ClN2O2. The van der Waals surface area contributed by atoms with E-state index in [4.69, 9.17) is 17.3 Å². The first-order valence-corrected chi connectivity index (χ1v) is 5.38. The van der Waals surface area contributed by atoms with Crippen LogP contribution in [-0.2, 0) is 9.59 Å². The third-order valence-electron chi connectivity index (χ3n) is 2.51. The molecule has 1 aliphatic heterocycles. The van der Waals surface area contributed by atoms with Gasteiger partial charge in [0.05, 0.1) is 11.4 Å². The normalized spacial score (nSPS) is 16.7. The standard InChI is InChI=1S/C11H11ClN2O2/c12-7-4-5-8(13)9(6-7)14-10(15)2-1-3-11(14)16/h4-6H,1-3,13H2. The molecule has 2 rings (SSSR count). The molecule has 0 aromatic heterocycles. The largest absolute Gasteiger partial charge is 0.397 e. The van der Waals surface area contributed by atoms with Crippen molar-refractivity contribution in [3.05, 3.63) is 23.2 Å². The zero-order valence-electron chi connectivity index (χ0n) is 8.57. The van der Waals surface area contributed by atoms with Crippen molar-refractivity contribution in [3.63, 3.8) is 0 Å². The van der Waals surface area contributed by atoms with E-state index in [-0.39, 0.29) is 11.8 Å². The second kappa shape index (κ2) is 4.14. The van der Waals surface area contributed by atoms with E-state index in [0.717, 1.165) is 4.90 Å². The third kappa shape index (κ3) is 1.88. The molecular weight excluding hydrogens is 228 g/mol. The molecule has 2 amide bonds. The van der Waals surface area contributed by atoms with Crippen LogP contribution in [0.15, 0.2) is 18.2 Å². The molecule has 5 heteroatoms. The molecule has 1 saturated heterocycles. The molecule has 4 nitrogen and oxygen atoms in total. The van der Waals surface area contributed by atoms with Gasteiger partial charge in [-0.25, -0.2) is 4.90 Å². The van der Waals surface area contributed by atoms with Crippen molar-refractivity contribution in [1.29, 1.82) is 0 Å². The first kappa shape index (κ1) is 11.0. The van der Waals surface area contributed by atoms with Gasteiger partial charge in [-0.3, -0.25) is 9.59 Å². The lowest BCUT2D eigenvalue weighted by Crippen LogP contribution is -2.40. The highest BCUT2D eigenvalue weighted by molar-refractivity contribution is 6.31. The van der Waals surface area contributed by atoms with Gasteiger partial charge in [0.25, 0.3) is 0 Å². The number of nitrogens with zero attached hydrogens (tertiary/aromatic N) is 1. The van der Waals surface area contributed by atoms with Crippen LogP contribution in [0, 0.1) is 0 Å². The summed E-state index contributed by atoms with van der Waals surface area (Å²) in [7, 11) is 0. The topological polar surface area (TPSA) is 63.4 Å². The maximum Gasteiger partial charge on any atom is 0.233 e. The van der Waals surface area contributed by atoms with E-state index >= 15 is 0 Å². The molecule has 1 aliphatic rings. The number of amides is 2. The summed E-state index contributed by atoms with van der Waals surface area (Å²) in [5.41, 5.74) is 6.51. The van der Waals surface area contributed by atoms with Crippen LogP contribution in [0.5, 0.6) is 0 Å². The maximum absolute atomic E-state index is 11.7. The highest BCUT2D eigenvalue weighted by Crippen LogP contribution is 2.30. The van der Waals surface area contributed by atoms with Crippen molar-refractivity contribution >= 4 is 34.8 Å². The molecule has 1 aromatic carbocycles. The molecule has 1 fully saturated rings. The average molecular weight is 239 g/mol. The predicted octanol–water partition coefficient (Wildman–Crippen LogP) is 1.97. The summed E-state index contributed by atoms with van der Waals surface area (Å²) in [6.07, 6.45) is 1.35. The van der Waals surface area contributed by atoms with Crippen LogP contribution in [0.4, 0.5) is 11.4 Å². The summed E-state index contributed by atoms with van der Waals surface area (Å²) < 4.78 is 0. The highest BCUT2D eigenvalue weighted by atomic mass is 35.5. The first-order valence-electron chi connectivity index (χ1n) is 5.00. The lowest BCUT2D eigenvalue weighted by molar-refractivity contribution is -0.129. The molecule has 1 heterocycles. The monoisotopic (exact) mass is 238 g/mol. The van der Waals surface area contributed by atoms with Crippen molar-refractivity contribution in [2.45, 2.75) is 19.3 Å². The second-order valence-corrected chi connectivity index (χ2v) is 4.12. The Morgan fingerprint density at radius 3 is 2.44 bits per heavy atom. The fraction of sp³-hybridized carbons (Fsp3) is 0.273. The molecule has 0 aliphatic carbocycles. The van der Waals surface area contributed by atoms with E-state index in [0.29, 0.717) is 35.7 Å². The lowest BCUT2D eigenvalue weighted by atomic mass is 10.1.